The topological polar surface area (TPSA) is 151 Å². The average molecular weight is 485 g/mol. The Morgan fingerprint density at radius 3 is 2.64 bits per heavy atom. The molecule has 3 aromatic heterocycles. The number of nitrogens with zero attached hydrogens (tertiary/aromatic N) is 4. The molecule has 4 N–H and O–H groups in total. The lowest BCUT2D eigenvalue weighted by molar-refractivity contribution is -0.144. The van der Waals surface area contributed by atoms with Gasteiger partial charge in [-0.25, -0.2) is 4.98 Å². The summed E-state index contributed by atoms with van der Waals surface area (Å²) >= 11 is 0. The first-order valence-electron chi connectivity index (χ1n) is 11.8. The van der Waals surface area contributed by atoms with Crippen LogP contribution in [-0.4, -0.2) is 55.8 Å². The SMILES string of the molecule is CN1CC[C@@](O)(c2cc(-c3cccc(-c4cc(-c5c[nH]nc5C5CC5)cc(C(N)=O)n4)c3)no2)C1=O. The zero-order valence-corrected chi connectivity index (χ0v) is 19.6. The van der Waals surface area contributed by atoms with Crippen LogP contribution < -0.4 is 5.73 Å². The maximum Gasteiger partial charge on any atom is 0.267 e. The van der Waals surface area contributed by atoms with Crippen molar-refractivity contribution in [2.45, 2.75) is 30.8 Å². The number of carbonyl (C=O) groups excluding carboxylic acids is 2. The Labute approximate surface area is 206 Å². The minimum atomic E-state index is -1.71. The van der Waals surface area contributed by atoms with Gasteiger partial charge in [0.25, 0.3) is 11.8 Å². The van der Waals surface area contributed by atoms with E-state index in [1.807, 2.05) is 36.5 Å². The zero-order chi connectivity index (χ0) is 25.0. The number of amides is 2. The minimum Gasteiger partial charge on any atom is -0.373 e. The highest BCUT2D eigenvalue weighted by Crippen LogP contribution is 2.43. The van der Waals surface area contributed by atoms with E-state index in [9.17, 15) is 14.7 Å². The first-order valence-corrected chi connectivity index (χ1v) is 11.8. The number of benzene rings is 1. The van der Waals surface area contributed by atoms with E-state index >= 15 is 0 Å². The number of aliphatic hydroxyl groups is 1. The molecule has 0 unspecified atom stereocenters. The molecular weight excluding hydrogens is 460 g/mol. The number of primary amides is 1. The monoisotopic (exact) mass is 484 g/mol. The number of pyridine rings is 1. The Morgan fingerprint density at radius 2 is 1.94 bits per heavy atom. The molecule has 0 spiro atoms. The van der Waals surface area contributed by atoms with E-state index in [2.05, 4.69) is 20.3 Å². The van der Waals surface area contributed by atoms with Crippen LogP contribution in [0, 0.1) is 0 Å². The summed E-state index contributed by atoms with van der Waals surface area (Å²) in [6.07, 6.45) is 4.26. The molecule has 2 aliphatic rings. The molecule has 1 aliphatic heterocycles. The third-order valence-electron chi connectivity index (χ3n) is 6.90. The van der Waals surface area contributed by atoms with Crippen LogP contribution in [0.3, 0.4) is 0 Å². The normalized spacial score (nSPS) is 19.7. The summed E-state index contributed by atoms with van der Waals surface area (Å²) < 4.78 is 5.40. The first-order chi connectivity index (χ1) is 17.3. The third kappa shape index (κ3) is 3.66. The largest absolute Gasteiger partial charge is 0.373 e. The number of likely N-dealkylation sites (N-methyl/N-ethyl adjacent to an activating group) is 1. The van der Waals surface area contributed by atoms with Crippen molar-refractivity contribution in [3.63, 3.8) is 0 Å². The molecule has 4 heterocycles. The Bertz CT molecular complexity index is 1500. The number of rotatable bonds is 6. The molecule has 1 saturated heterocycles. The van der Waals surface area contributed by atoms with Gasteiger partial charge in [0.1, 0.15) is 11.4 Å². The lowest BCUT2D eigenvalue weighted by Gasteiger charge is -2.16. The van der Waals surface area contributed by atoms with E-state index in [1.54, 1.807) is 19.2 Å². The minimum absolute atomic E-state index is 0.112. The second kappa shape index (κ2) is 8.13. The second-order valence-electron chi connectivity index (χ2n) is 9.44. The van der Waals surface area contributed by atoms with Crippen molar-refractivity contribution in [3.8, 4) is 33.6 Å². The number of aromatic nitrogens is 4. The summed E-state index contributed by atoms with van der Waals surface area (Å²) in [6, 6.07) is 12.6. The van der Waals surface area contributed by atoms with Crippen molar-refractivity contribution in [3.05, 3.63) is 65.8 Å². The van der Waals surface area contributed by atoms with Crippen molar-refractivity contribution in [1.82, 2.24) is 25.2 Å². The number of hydrogen-bond acceptors (Lipinski definition) is 7. The highest BCUT2D eigenvalue weighted by Gasteiger charge is 2.48. The van der Waals surface area contributed by atoms with Crippen LogP contribution in [0.25, 0.3) is 33.6 Å². The highest BCUT2D eigenvalue weighted by atomic mass is 16.5. The van der Waals surface area contributed by atoms with Gasteiger partial charge in [0.05, 0.1) is 11.4 Å². The Hall–Kier alpha value is -4.31. The average Bonchev–Trinajstić information content (AvgIpc) is 3.28. The number of hydrogen-bond donors (Lipinski definition) is 3. The molecule has 4 aromatic rings. The molecular formula is C26H24N6O4. The van der Waals surface area contributed by atoms with Crippen LogP contribution in [0.15, 0.2) is 53.2 Å². The van der Waals surface area contributed by atoms with Crippen molar-refractivity contribution in [1.29, 1.82) is 0 Å². The summed E-state index contributed by atoms with van der Waals surface area (Å²) in [7, 11) is 1.64. The molecule has 182 valence electrons. The molecule has 1 atom stereocenters. The number of nitrogens with two attached hydrogens (primary N) is 1. The van der Waals surface area contributed by atoms with Crippen molar-refractivity contribution in [2.75, 3.05) is 13.6 Å². The fourth-order valence-electron chi connectivity index (χ4n) is 4.69. The smallest absolute Gasteiger partial charge is 0.267 e. The molecule has 36 heavy (non-hydrogen) atoms. The molecule has 2 amide bonds. The van der Waals surface area contributed by atoms with Gasteiger partial charge in [-0.3, -0.25) is 14.7 Å². The molecule has 1 aromatic carbocycles. The van der Waals surface area contributed by atoms with E-state index in [1.165, 1.54) is 4.90 Å². The Balaban J connectivity index is 1.38. The van der Waals surface area contributed by atoms with Gasteiger partial charge in [0, 0.05) is 54.9 Å². The van der Waals surface area contributed by atoms with E-state index in [0.29, 0.717) is 29.4 Å². The quantitative estimate of drug-likeness (QED) is 0.381. The van der Waals surface area contributed by atoms with Gasteiger partial charge in [-0.2, -0.15) is 5.10 Å². The molecule has 0 bridgehead atoms. The van der Waals surface area contributed by atoms with E-state index in [-0.39, 0.29) is 17.9 Å². The van der Waals surface area contributed by atoms with Crippen LogP contribution in [0.4, 0.5) is 0 Å². The maximum absolute atomic E-state index is 12.4. The van der Waals surface area contributed by atoms with E-state index < -0.39 is 17.4 Å². The van der Waals surface area contributed by atoms with Gasteiger partial charge in [0.15, 0.2) is 5.76 Å². The molecule has 0 radical (unpaired) electrons. The van der Waals surface area contributed by atoms with Gasteiger partial charge >= 0.3 is 0 Å². The number of aromatic amines is 1. The van der Waals surface area contributed by atoms with Gasteiger partial charge in [-0.1, -0.05) is 23.4 Å². The summed E-state index contributed by atoms with van der Waals surface area (Å²) in [5, 5.41) is 22.3. The van der Waals surface area contributed by atoms with Gasteiger partial charge < -0.3 is 20.3 Å². The second-order valence-corrected chi connectivity index (χ2v) is 9.44. The number of nitrogens with one attached hydrogen (secondary N) is 1. The molecule has 10 nitrogen and oxygen atoms in total. The van der Waals surface area contributed by atoms with Crippen molar-refractivity contribution < 1.29 is 19.2 Å². The van der Waals surface area contributed by atoms with Gasteiger partial charge in [0.2, 0.25) is 5.60 Å². The lowest BCUT2D eigenvalue weighted by Crippen LogP contribution is -2.35. The molecule has 1 aliphatic carbocycles. The van der Waals surface area contributed by atoms with Crippen molar-refractivity contribution >= 4 is 11.8 Å². The summed E-state index contributed by atoms with van der Waals surface area (Å²) in [5.41, 5.74) is 9.27. The van der Waals surface area contributed by atoms with Crippen LogP contribution in [0.5, 0.6) is 0 Å². The lowest BCUT2D eigenvalue weighted by atomic mass is 9.97. The number of H-pyrrole nitrogens is 1. The predicted octanol–water partition coefficient (Wildman–Crippen LogP) is 2.82. The summed E-state index contributed by atoms with van der Waals surface area (Å²) in [6.45, 7) is 0.435. The fourth-order valence-corrected chi connectivity index (χ4v) is 4.69. The molecule has 6 rings (SSSR count). The summed E-state index contributed by atoms with van der Waals surface area (Å²) in [4.78, 5) is 30.5. The molecule has 2 fully saturated rings. The van der Waals surface area contributed by atoms with Gasteiger partial charge in [-0.05, 0) is 36.6 Å². The van der Waals surface area contributed by atoms with Crippen LogP contribution in [0.1, 0.15) is 47.1 Å². The Kier molecular flexibility index (Phi) is 5.01. The van der Waals surface area contributed by atoms with E-state index in [4.69, 9.17) is 10.3 Å². The van der Waals surface area contributed by atoms with Crippen LogP contribution >= 0.6 is 0 Å². The molecule has 1 saturated carbocycles. The Morgan fingerprint density at radius 1 is 1.17 bits per heavy atom. The highest BCUT2D eigenvalue weighted by molar-refractivity contribution is 5.93. The maximum atomic E-state index is 12.4. The third-order valence-corrected chi connectivity index (χ3v) is 6.90. The van der Waals surface area contributed by atoms with Crippen LogP contribution in [-0.2, 0) is 10.4 Å². The predicted molar refractivity (Wildman–Crippen MR) is 129 cm³/mol. The fraction of sp³-hybridized carbons (Fsp3) is 0.269. The van der Waals surface area contributed by atoms with Crippen molar-refractivity contribution in [2.24, 2.45) is 5.73 Å². The molecule has 10 heteroatoms. The van der Waals surface area contributed by atoms with Gasteiger partial charge in [-0.15, -0.1) is 0 Å². The van der Waals surface area contributed by atoms with E-state index in [0.717, 1.165) is 35.2 Å². The zero-order valence-electron chi connectivity index (χ0n) is 19.6. The van der Waals surface area contributed by atoms with Crippen LogP contribution in [0.2, 0.25) is 0 Å². The number of carbonyl (C=O) groups is 2. The number of likely N-dealkylation sites (tertiary alicyclic amines) is 1. The first kappa shape index (κ1) is 22.2. The standard InChI is InChI=1S/C26H24N6O4/c1-32-8-7-26(35,25(32)34)22-12-20(31-36-22)16-4-2-3-15(9-16)19-10-17(11-21(29-19)24(27)33)18-13-28-30-23(18)14-5-6-14/h2-4,9-14,35H,5-8H2,1H3,(H2,27,33)(H,28,30)/t26-/m1/s1. The summed E-state index contributed by atoms with van der Waals surface area (Å²) in [5.74, 6) is -0.498.